The van der Waals surface area contributed by atoms with Crippen LogP contribution in [0.5, 0.6) is 0 Å². The molecule has 0 aromatic carbocycles. The topological polar surface area (TPSA) is 37.8 Å². The molecule has 1 N–H and O–H groups in total. The molecule has 0 spiro atoms. The number of hydrogen-bond acceptors (Lipinski definition) is 6. The van der Waals surface area contributed by atoms with Gasteiger partial charge in [-0.15, -0.1) is 11.8 Å². The number of aromatic nitrogens is 2. The molecule has 0 radical (unpaired) electrons. The fraction of sp³-hybridized carbons (Fsp3) is 0.667. The normalized spacial score (nSPS) is 27.0. The summed E-state index contributed by atoms with van der Waals surface area (Å²) in [6.07, 6.45) is 0. The molecule has 1 aromatic heterocycles. The van der Waals surface area contributed by atoms with Gasteiger partial charge in [0.25, 0.3) is 0 Å². The van der Waals surface area contributed by atoms with Crippen molar-refractivity contribution in [3.8, 4) is 0 Å². The van der Waals surface area contributed by atoms with E-state index in [1.54, 1.807) is 0 Å². The van der Waals surface area contributed by atoms with Gasteiger partial charge in [-0.25, -0.2) is 9.97 Å². The van der Waals surface area contributed by atoms with Gasteiger partial charge in [0, 0.05) is 40.9 Å². The summed E-state index contributed by atoms with van der Waals surface area (Å²) in [5.74, 6) is 6.63. The summed E-state index contributed by atoms with van der Waals surface area (Å²) in [5, 5.41) is 4.30. The number of rotatable bonds is 2. The Kier molecular flexibility index (Phi) is 3.96. The Balaban J connectivity index is 1.97. The number of nitrogens with one attached hydrogen (secondary N) is 1. The molecule has 98 valence electrons. The minimum Gasteiger partial charge on any atom is -0.373 e. The van der Waals surface area contributed by atoms with E-state index in [1.165, 1.54) is 22.8 Å². The van der Waals surface area contributed by atoms with Gasteiger partial charge in [-0.3, -0.25) is 0 Å². The molecule has 0 saturated carbocycles. The highest BCUT2D eigenvalue weighted by atomic mass is 32.2. The van der Waals surface area contributed by atoms with Crippen molar-refractivity contribution >= 4 is 41.1 Å². The van der Waals surface area contributed by atoms with Gasteiger partial charge in [0.2, 0.25) is 0 Å². The van der Waals surface area contributed by atoms with Gasteiger partial charge in [0.15, 0.2) is 0 Å². The number of nitrogens with zero attached hydrogens (tertiary/aromatic N) is 2. The van der Waals surface area contributed by atoms with Crippen molar-refractivity contribution in [3.05, 3.63) is 17.1 Å². The summed E-state index contributed by atoms with van der Waals surface area (Å²) in [6, 6.07) is 0. The lowest BCUT2D eigenvalue weighted by Gasteiger charge is -2.27. The predicted molar refractivity (Wildman–Crippen MR) is 83.7 cm³/mol. The van der Waals surface area contributed by atoms with Crippen molar-refractivity contribution in [1.29, 1.82) is 0 Å². The fourth-order valence-corrected chi connectivity index (χ4v) is 6.05. The van der Waals surface area contributed by atoms with Crippen LogP contribution in [0.15, 0.2) is 0 Å². The lowest BCUT2D eigenvalue weighted by Crippen LogP contribution is -2.19. The second kappa shape index (κ2) is 5.51. The average molecular weight is 299 g/mol. The van der Waals surface area contributed by atoms with Crippen molar-refractivity contribution in [2.75, 3.05) is 23.9 Å². The van der Waals surface area contributed by atoms with Crippen LogP contribution in [-0.2, 0) is 11.5 Å². The van der Waals surface area contributed by atoms with Gasteiger partial charge in [0.1, 0.15) is 11.6 Å². The number of thioether (sulfide) groups is 3. The first kappa shape index (κ1) is 12.9. The molecule has 0 bridgehead atoms. The van der Waals surface area contributed by atoms with Crippen LogP contribution in [0, 0.1) is 0 Å². The van der Waals surface area contributed by atoms with E-state index in [0.29, 0.717) is 10.5 Å². The summed E-state index contributed by atoms with van der Waals surface area (Å²) < 4.78 is 0. The molecule has 3 rings (SSSR count). The van der Waals surface area contributed by atoms with E-state index in [4.69, 9.17) is 9.97 Å². The van der Waals surface area contributed by atoms with Crippen LogP contribution in [0.2, 0.25) is 0 Å². The van der Waals surface area contributed by atoms with Gasteiger partial charge >= 0.3 is 0 Å². The van der Waals surface area contributed by atoms with E-state index in [9.17, 15) is 0 Å². The Morgan fingerprint density at radius 1 is 1.17 bits per heavy atom. The molecule has 2 aliphatic heterocycles. The van der Waals surface area contributed by atoms with Crippen LogP contribution in [0.4, 0.5) is 5.82 Å². The quantitative estimate of drug-likeness (QED) is 0.904. The summed E-state index contributed by atoms with van der Waals surface area (Å²) in [7, 11) is 1.96. The van der Waals surface area contributed by atoms with E-state index in [0.717, 1.165) is 23.1 Å². The summed E-state index contributed by atoms with van der Waals surface area (Å²) in [5.41, 5.74) is 2.56. The molecule has 3 heterocycles. The Morgan fingerprint density at radius 2 is 2.00 bits per heavy atom. The summed E-state index contributed by atoms with van der Waals surface area (Å²) in [4.78, 5) is 9.60. The zero-order valence-corrected chi connectivity index (χ0v) is 13.1. The van der Waals surface area contributed by atoms with E-state index in [1.807, 2.05) is 42.3 Å². The first-order chi connectivity index (χ1) is 8.79. The molecule has 0 amide bonds. The van der Waals surface area contributed by atoms with Crippen molar-refractivity contribution in [1.82, 2.24) is 9.97 Å². The van der Waals surface area contributed by atoms with Crippen molar-refractivity contribution in [3.63, 3.8) is 0 Å². The van der Waals surface area contributed by atoms with Gasteiger partial charge in [-0.05, 0) is 0 Å². The molecule has 2 atom stereocenters. The largest absolute Gasteiger partial charge is 0.373 e. The smallest absolute Gasteiger partial charge is 0.145 e. The van der Waals surface area contributed by atoms with Gasteiger partial charge in [0.05, 0.1) is 10.9 Å². The van der Waals surface area contributed by atoms with E-state index >= 15 is 0 Å². The molecule has 0 aliphatic carbocycles. The predicted octanol–water partition coefficient (Wildman–Crippen LogP) is 3.17. The average Bonchev–Trinajstić information content (AvgIpc) is 2.86. The lowest BCUT2D eigenvalue weighted by atomic mass is 10.2. The Hall–Kier alpha value is -0.0700. The maximum Gasteiger partial charge on any atom is 0.145 e. The maximum absolute atomic E-state index is 4.83. The van der Waals surface area contributed by atoms with Crippen molar-refractivity contribution in [2.45, 2.75) is 28.9 Å². The number of fused-ring (bicyclic) bond motifs is 1. The second-order valence-electron chi connectivity index (χ2n) is 4.47. The van der Waals surface area contributed by atoms with Crippen LogP contribution in [0.3, 0.4) is 0 Å². The zero-order chi connectivity index (χ0) is 12.5. The lowest BCUT2D eigenvalue weighted by molar-refractivity contribution is 0.811. The maximum atomic E-state index is 4.83. The number of hydrogen-bond donors (Lipinski definition) is 1. The molecule has 2 unspecified atom stereocenters. The highest BCUT2D eigenvalue weighted by Gasteiger charge is 2.29. The molecule has 2 aliphatic rings. The van der Waals surface area contributed by atoms with Crippen LogP contribution < -0.4 is 5.32 Å². The molecule has 1 aromatic rings. The second-order valence-corrected chi connectivity index (χ2v) is 8.19. The minimum atomic E-state index is 0.451. The van der Waals surface area contributed by atoms with Gasteiger partial charge < -0.3 is 5.32 Å². The summed E-state index contributed by atoms with van der Waals surface area (Å²) >= 11 is 5.98. The molecular formula is C12H17N3S3. The Labute approximate surface area is 121 Å². The molecule has 1 fully saturated rings. The van der Waals surface area contributed by atoms with E-state index in [-0.39, 0.29) is 0 Å². The SMILES string of the molecule is CNc1nc(C2SCCSC2C)nc2c1CSC2. The standard InChI is InChI=1S/C12H17N3S3/c1-7-10(18-4-3-17-7)12-14-9-6-16-5-8(9)11(13-2)15-12/h7,10H,3-6H2,1-2H3,(H,13,14,15). The van der Waals surface area contributed by atoms with Crippen LogP contribution in [0.25, 0.3) is 0 Å². The van der Waals surface area contributed by atoms with Crippen LogP contribution in [0.1, 0.15) is 29.3 Å². The van der Waals surface area contributed by atoms with Crippen LogP contribution >= 0.6 is 35.3 Å². The zero-order valence-electron chi connectivity index (χ0n) is 10.6. The third kappa shape index (κ3) is 2.34. The third-order valence-corrected chi connectivity index (χ3v) is 7.33. The van der Waals surface area contributed by atoms with Crippen molar-refractivity contribution < 1.29 is 0 Å². The van der Waals surface area contributed by atoms with Gasteiger partial charge in [-0.2, -0.15) is 23.5 Å². The van der Waals surface area contributed by atoms with Crippen molar-refractivity contribution in [2.24, 2.45) is 0 Å². The van der Waals surface area contributed by atoms with Gasteiger partial charge in [-0.1, -0.05) is 6.92 Å². The highest BCUT2D eigenvalue weighted by molar-refractivity contribution is 8.06. The Morgan fingerprint density at radius 3 is 2.78 bits per heavy atom. The number of anilines is 1. The third-order valence-electron chi connectivity index (χ3n) is 3.27. The minimum absolute atomic E-state index is 0.451. The molecular weight excluding hydrogens is 282 g/mol. The first-order valence-electron chi connectivity index (χ1n) is 6.18. The molecule has 3 nitrogen and oxygen atoms in total. The summed E-state index contributed by atoms with van der Waals surface area (Å²) in [6.45, 7) is 2.30. The van der Waals surface area contributed by atoms with Crippen LogP contribution in [-0.4, -0.2) is 33.8 Å². The monoisotopic (exact) mass is 299 g/mol. The molecule has 18 heavy (non-hydrogen) atoms. The Bertz CT molecular complexity index is 452. The first-order valence-corrected chi connectivity index (χ1v) is 9.43. The molecule has 1 saturated heterocycles. The van der Waals surface area contributed by atoms with E-state index in [2.05, 4.69) is 12.2 Å². The van der Waals surface area contributed by atoms with E-state index < -0.39 is 0 Å². The molecule has 6 heteroatoms. The fourth-order valence-electron chi connectivity index (χ4n) is 2.32. The highest BCUT2D eigenvalue weighted by Crippen LogP contribution is 2.42.